The minimum Gasteiger partial charge on any atom is -0.381 e. The fourth-order valence-electron chi connectivity index (χ4n) is 4.64. The quantitative estimate of drug-likeness (QED) is 0.335. The van der Waals surface area contributed by atoms with Crippen LogP contribution in [0.25, 0.3) is 10.9 Å². The monoisotopic (exact) mass is 581 g/mol. The lowest BCUT2D eigenvalue weighted by Gasteiger charge is -2.33. The molecule has 1 aliphatic rings. The van der Waals surface area contributed by atoms with Gasteiger partial charge in [-0.15, -0.1) is 0 Å². The number of carbonyl (C=O) groups excluding carboxylic acids is 1. The summed E-state index contributed by atoms with van der Waals surface area (Å²) in [6.45, 7) is 1.75. The molecule has 0 radical (unpaired) electrons. The molecule has 2 aromatic carbocycles. The predicted molar refractivity (Wildman–Crippen MR) is 143 cm³/mol. The number of aromatic nitrogens is 1. The van der Waals surface area contributed by atoms with Gasteiger partial charge in [-0.3, -0.25) is 9.78 Å². The third-order valence-electron chi connectivity index (χ3n) is 6.41. The summed E-state index contributed by atoms with van der Waals surface area (Å²) in [4.78, 5) is 18.0. The van der Waals surface area contributed by atoms with Gasteiger partial charge in [-0.1, -0.05) is 29.8 Å². The highest BCUT2D eigenvalue weighted by atomic mass is 35.5. The molecule has 0 saturated heterocycles. The van der Waals surface area contributed by atoms with Gasteiger partial charge in [-0.25, -0.2) is 8.42 Å². The lowest BCUT2D eigenvalue weighted by Crippen LogP contribution is -2.51. The zero-order valence-corrected chi connectivity index (χ0v) is 22.5. The first kappa shape index (κ1) is 28.8. The normalized spacial score (nSPS) is 18.9. The molecule has 0 bridgehead atoms. The van der Waals surface area contributed by atoms with E-state index < -0.39 is 45.4 Å². The Hall–Kier alpha value is -3.15. The standard InChI is InChI=1S/C27H27ClF3N3O4S/c1-18(33-23-8-2-6-19-7-3-13-32-24(19)23)5-4-14-34-25(35)20(16-27(29,30)31)15-26(34,36)17-39(37,38)22-11-9-21(28)10-12-22/h2-3,6-13,15,18,33,36H,4-5,14,16-17H2,1H3. The minimum absolute atomic E-state index is 0.121. The van der Waals surface area contributed by atoms with Gasteiger partial charge in [0.2, 0.25) is 0 Å². The zero-order valence-electron chi connectivity index (χ0n) is 21.0. The highest BCUT2D eigenvalue weighted by Crippen LogP contribution is 2.36. The van der Waals surface area contributed by atoms with Gasteiger partial charge in [-0.2, -0.15) is 13.2 Å². The molecule has 39 heavy (non-hydrogen) atoms. The van der Waals surface area contributed by atoms with E-state index >= 15 is 0 Å². The van der Waals surface area contributed by atoms with Crippen LogP contribution in [0.5, 0.6) is 0 Å². The number of pyridine rings is 1. The van der Waals surface area contributed by atoms with Crippen molar-refractivity contribution in [3.05, 3.63) is 77.5 Å². The number of nitrogens with one attached hydrogen (secondary N) is 1. The third-order valence-corrected chi connectivity index (χ3v) is 8.46. The van der Waals surface area contributed by atoms with E-state index in [-0.39, 0.29) is 23.9 Å². The summed E-state index contributed by atoms with van der Waals surface area (Å²) in [7, 11) is -4.19. The molecule has 0 fully saturated rings. The van der Waals surface area contributed by atoms with E-state index in [0.29, 0.717) is 11.4 Å². The van der Waals surface area contributed by atoms with Gasteiger partial charge in [0.05, 0.1) is 22.5 Å². The van der Waals surface area contributed by atoms with Crippen molar-refractivity contribution < 1.29 is 31.5 Å². The van der Waals surface area contributed by atoms with Crippen LogP contribution >= 0.6 is 11.6 Å². The number of halogens is 4. The number of sulfone groups is 1. The molecule has 2 atom stereocenters. The van der Waals surface area contributed by atoms with Crippen molar-refractivity contribution in [2.24, 2.45) is 0 Å². The van der Waals surface area contributed by atoms with Gasteiger partial charge in [0.25, 0.3) is 5.91 Å². The molecule has 0 saturated carbocycles. The average Bonchev–Trinajstić information content (AvgIpc) is 3.06. The van der Waals surface area contributed by atoms with Crippen LogP contribution in [0.2, 0.25) is 5.02 Å². The number of aliphatic hydroxyl groups is 1. The van der Waals surface area contributed by atoms with Crippen LogP contribution in [0, 0.1) is 0 Å². The molecule has 2 unspecified atom stereocenters. The van der Waals surface area contributed by atoms with Gasteiger partial charge >= 0.3 is 6.18 Å². The molecule has 3 aromatic rings. The topological polar surface area (TPSA) is 99.6 Å². The van der Waals surface area contributed by atoms with Gasteiger partial charge in [0, 0.05) is 34.8 Å². The summed E-state index contributed by atoms with van der Waals surface area (Å²) in [6, 6.07) is 14.5. The Kier molecular flexibility index (Phi) is 8.25. The number of fused-ring (bicyclic) bond motifs is 1. The number of para-hydroxylation sites is 1. The summed E-state index contributed by atoms with van der Waals surface area (Å²) in [5.41, 5.74) is -1.54. The highest BCUT2D eigenvalue weighted by molar-refractivity contribution is 7.91. The van der Waals surface area contributed by atoms with Crippen molar-refractivity contribution in [1.29, 1.82) is 0 Å². The maximum atomic E-state index is 13.1. The van der Waals surface area contributed by atoms with Crippen molar-refractivity contribution in [2.45, 2.75) is 49.0 Å². The number of rotatable bonds is 10. The molecule has 12 heteroatoms. The molecule has 1 aliphatic heterocycles. The number of carbonyl (C=O) groups is 1. The second-order valence-corrected chi connectivity index (χ2v) is 12.0. The largest absolute Gasteiger partial charge is 0.393 e. The Bertz CT molecular complexity index is 1490. The molecule has 2 heterocycles. The SMILES string of the molecule is CC(CCCN1C(=O)C(CC(F)(F)F)=CC1(O)CS(=O)(=O)c1ccc(Cl)cc1)Nc1cccc2cccnc12. The van der Waals surface area contributed by atoms with E-state index in [0.717, 1.165) is 27.6 Å². The number of hydrogen-bond acceptors (Lipinski definition) is 6. The van der Waals surface area contributed by atoms with Crippen molar-refractivity contribution >= 4 is 43.9 Å². The minimum atomic E-state index is -4.71. The number of amides is 1. The molecule has 1 amide bonds. The molecule has 7 nitrogen and oxygen atoms in total. The van der Waals surface area contributed by atoms with Gasteiger partial charge in [-0.05, 0) is 62.2 Å². The molecule has 0 spiro atoms. The fraction of sp³-hybridized carbons (Fsp3) is 0.333. The second-order valence-electron chi connectivity index (χ2n) is 9.58. The second kappa shape index (κ2) is 11.1. The maximum Gasteiger partial charge on any atom is 0.393 e. The number of nitrogens with zero attached hydrogens (tertiary/aromatic N) is 2. The first-order chi connectivity index (χ1) is 18.3. The van der Waals surface area contributed by atoms with Crippen molar-refractivity contribution in [3.8, 4) is 0 Å². The molecule has 1 aromatic heterocycles. The van der Waals surface area contributed by atoms with E-state index in [9.17, 15) is 31.5 Å². The number of hydrogen-bond donors (Lipinski definition) is 2. The number of alkyl halides is 3. The van der Waals surface area contributed by atoms with E-state index in [1.54, 1.807) is 6.20 Å². The van der Waals surface area contributed by atoms with Crippen LogP contribution < -0.4 is 5.32 Å². The summed E-state index contributed by atoms with van der Waals surface area (Å²) in [5, 5.41) is 15.9. The van der Waals surface area contributed by atoms with Crippen LogP contribution in [-0.4, -0.2) is 59.6 Å². The maximum absolute atomic E-state index is 13.1. The molecule has 4 rings (SSSR count). The lowest BCUT2D eigenvalue weighted by atomic mass is 10.1. The smallest absolute Gasteiger partial charge is 0.381 e. The van der Waals surface area contributed by atoms with E-state index in [1.807, 2.05) is 37.3 Å². The summed E-state index contributed by atoms with van der Waals surface area (Å²) >= 11 is 5.82. The van der Waals surface area contributed by atoms with Crippen LogP contribution in [0.1, 0.15) is 26.2 Å². The average molecular weight is 582 g/mol. The van der Waals surface area contributed by atoms with Crippen molar-refractivity contribution in [3.63, 3.8) is 0 Å². The molecule has 208 valence electrons. The van der Waals surface area contributed by atoms with Crippen LogP contribution in [-0.2, 0) is 14.6 Å². The zero-order chi connectivity index (χ0) is 28.4. The Morgan fingerprint density at radius 3 is 2.51 bits per heavy atom. The van der Waals surface area contributed by atoms with E-state index in [2.05, 4.69) is 10.3 Å². The Morgan fingerprint density at radius 1 is 1.13 bits per heavy atom. The van der Waals surface area contributed by atoms with Crippen LogP contribution in [0.15, 0.2) is 77.3 Å². The molecular formula is C27H27ClF3N3O4S. The predicted octanol–water partition coefficient (Wildman–Crippen LogP) is 5.35. The summed E-state index contributed by atoms with van der Waals surface area (Å²) in [5.74, 6) is -2.04. The van der Waals surface area contributed by atoms with Gasteiger partial charge < -0.3 is 15.3 Å². The van der Waals surface area contributed by atoms with Crippen LogP contribution in [0.3, 0.4) is 0 Å². The van der Waals surface area contributed by atoms with E-state index in [1.165, 1.54) is 24.3 Å². The first-order valence-electron chi connectivity index (χ1n) is 12.2. The molecule has 2 N–H and O–H groups in total. The third kappa shape index (κ3) is 6.90. The summed E-state index contributed by atoms with van der Waals surface area (Å²) in [6.07, 6.45) is -3.12. The Labute approximate surface area is 229 Å². The molecule has 0 aliphatic carbocycles. The number of benzene rings is 2. The van der Waals surface area contributed by atoms with Crippen LogP contribution in [0.4, 0.5) is 18.9 Å². The molecular weight excluding hydrogens is 555 g/mol. The number of anilines is 1. The first-order valence-corrected chi connectivity index (χ1v) is 14.2. The van der Waals surface area contributed by atoms with Gasteiger partial charge in [0.1, 0.15) is 5.75 Å². The van der Waals surface area contributed by atoms with E-state index in [4.69, 9.17) is 11.6 Å². The van der Waals surface area contributed by atoms with Crippen molar-refractivity contribution in [1.82, 2.24) is 9.88 Å². The summed E-state index contributed by atoms with van der Waals surface area (Å²) < 4.78 is 65.5. The lowest BCUT2D eigenvalue weighted by molar-refractivity contribution is -0.145. The Morgan fingerprint density at radius 2 is 1.82 bits per heavy atom. The fourth-order valence-corrected chi connectivity index (χ4v) is 6.29. The van der Waals surface area contributed by atoms with Gasteiger partial charge in [0.15, 0.2) is 15.6 Å². The highest BCUT2D eigenvalue weighted by Gasteiger charge is 2.48. The van der Waals surface area contributed by atoms with Crippen molar-refractivity contribution in [2.75, 3.05) is 17.6 Å². The Balaban J connectivity index is 1.49.